The van der Waals surface area contributed by atoms with Crippen LogP contribution in [0.4, 0.5) is 0 Å². The van der Waals surface area contributed by atoms with E-state index in [1.54, 1.807) is 28.0 Å². The largest absolute Gasteiger partial charge is 0.454 e. The Labute approximate surface area is 163 Å². The molecule has 2 aromatic rings. The van der Waals surface area contributed by atoms with Crippen molar-refractivity contribution in [1.29, 1.82) is 0 Å². The quantitative estimate of drug-likeness (QED) is 0.862. The first-order valence-electron chi connectivity index (χ1n) is 9.39. The van der Waals surface area contributed by atoms with Gasteiger partial charge in [0.2, 0.25) is 12.7 Å². The second-order valence-electron chi connectivity index (χ2n) is 6.98. The molecule has 146 valence electrons. The molecule has 4 rings (SSSR count). The highest BCUT2D eigenvalue weighted by atomic mass is 16.7. The average molecular weight is 381 g/mol. The molecule has 7 heteroatoms. The molecule has 7 nitrogen and oxygen atoms in total. The maximum atomic E-state index is 12.8. The van der Waals surface area contributed by atoms with E-state index in [1.165, 1.54) is 0 Å². The van der Waals surface area contributed by atoms with Gasteiger partial charge in [-0.15, -0.1) is 0 Å². The summed E-state index contributed by atoms with van der Waals surface area (Å²) in [4.78, 5) is 28.9. The van der Waals surface area contributed by atoms with Gasteiger partial charge in [0.05, 0.1) is 6.04 Å². The van der Waals surface area contributed by atoms with Crippen LogP contribution in [0.5, 0.6) is 11.5 Å². The van der Waals surface area contributed by atoms with Crippen molar-refractivity contribution in [2.24, 2.45) is 5.73 Å². The first-order valence-corrected chi connectivity index (χ1v) is 9.39. The molecule has 0 aromatic heterocycles. The fraction of sp³-hybridized carbons (Fsp3) is 0.333. The summed E-state index contributed by atoms with van der Waals surface area (Å²) in [6.45, 7) is 2.11. The topological polar surface area (TPSA) is 85.1 Å². The van der Waals surface area contributed by atoms with Gasteiger partial charge in [-0.25, -0.2) is 0 Å². The Kier molecular flexibility index (Phi) is 5.16. The summed E-state index contributed by atoms with van der Waals surface area (Å²) in [5.41, 5.74) is 7.72. The minimum Gasteiger partial charge on any atom is -0.454 e. The minimum atomic E-state index is -0.571. The van der Waals surface area contributed by atoms with E-state index in [-0.39, 0.29) is 18.6 Å². The maximum absolute atomic E-state index is 12.8. The highest BCUT2D eigenvalue weighted by molar-refractivity contribution is 5.95. The first kappa shape index (κ1) is 18.3. The Morgan fingerprint density at radius 3 is 2.36 bits per heavy atom. The fourth-order valence-corrected chi connectivity index (χ4v) is 3.53. The molecule has 0 saturated carbocycles. The van der Waals surface area contributed by atoms with E-state index in [0.717, 1.165) is 5.56 Å². The molecular formula is C21H23N3O4. The molecule has 2 amide bonds. The van der Waals surface area contributed by atoms with Gasteiger partial charge in [0.25, 0.3) is 5.91 Å². The Morgan fingerprint density at radius 1 is 0.929 bits per heavy atom. The molecule has 0 radical (unpaired) electrons. The number of nitrogens with two attached hydrogens (primary N) is 1. The third-order valence-electron chi connectivity index (χ3n) is 5.11. The Hall–Kier alpha value is -3.06. The molecule has 0 spiro atoms. The third-order valence-corrected chi connectivity index (χ3v) is 5.11. The van der Waals surface area contributed by atoms with E-state index in [4.69, 9.17) is 15.2 Å². The number of hydrogen-bond donors (Lipinski definition) is 1. The van der Waals surface area contributed by atoms with E-state index >= 15 is 0 Å². The van der Waals surface area contributed by atoms with Gasteiger partial charge in [-0.1, -0.05) is 30.3 Å². The summed E-state index contributed by atoms with van der Waals surface area (Å²) in [7, 11) is 0. The fourth-order valence-electron chi connectivity index (χ4n) is 3.53. The predicted octanol–water partition coefficient (Wildman–Crippen LogP) is 1.27. The van der Waals surface area contributed by atoms with Crippen LogP contribution in [0.2, 0.25) is 0 Å². The number of fused-ring (bicyclic) bond motifs is 1. The number of carbonyl (C=O) groups is 2. The van der Waals surface area contributed by atoms with Crippen molar-refractivity contribution in [2.45, 2.75) is 12.5 Å². The van der Waals surface area contributed by atoms with E-state index < -0.39 is 6.04 Å². The zero-order valence-electron chi connectivity index (χ0n) is 15.5. The molecular weight excluding hydrogens is 358 g/mol. The summed E-state index contributed by atoms with van der Waals surface area (Å²) < 4.78 is 10.6. The zero-order chi connectivity index (χ0) is 19.5. The van der Waals surface area contributed by atoms with Crippen LogP contribution in [-0.4, -0.2) is 60.6 Å². The third kappa shape index (κ3) is 3.80. The molecule has 1 fully saturated rings. The Morgan fingerprint density at radius 2 is 1.61 bits per heavy atom. The SMILES string of the molecule is N[C@@H](Cc1ccccc1)C(=O)N1CCN(C(=O)c2ccc3c(c2)OCO3)CC1. The average Bonchev–Trinajstić information content (AvgIpc) is 3.21. The van der Waals surface area contributed by atoms with Gasteiger partial charge in [0, 0.05) is 31.7 Å². The van der Waals surface area contributed by atoms with Crippen molar-refractivity contribution in [3.05, 3.63) is 59.7 Å². The van der Waals surface area contributed by atoms with Gasteiger partial charge in [0.1, 0.15) is 0 Å². The number of carbonyl (C=O) groups excluding carboxylic acids is 2. The molecule has 1 saturated heterocycles. The number of ether oxygens (including phenoxy) is 2. The van der Waals surface area contributed by atoms with E-state index in [2.05, 4.69) is 0 Å². The van der Waals surface area contributed by atoms with E-state index in [9.17, 15) is 9.59 Å². The van der Waals surface area contributed by atoms with Crippen LogP contribution in [0.25, 0.3) is 0 Å². The molecule has 0 aliphatic carbocycles. The van der Waals surface area contributed by atoms with Crippen LogP contribution < -0.4 is 15.2 Å². The number of amides is 2. The van der Waals surface area contributed by atoms with Crippen LogP contribution in [0.1, 0.15) is 15.9 Å². The summed E-state index contributed by atoms with van der Waals surface area (Å²) in [5.74, 6) is 1.10. The first-order chi connectivity index (χ1) is 13.6. The number of benzene rings is 2. The normalized spacial score (nSPS) is 16.8. The van der Waals surface area contributed by atoms with Gasteiger partial charge in [-0.2, -0.15) is 0 Å². The van der Waals surface area contributed by atoms with Crippen molar-refractivity contribution in [2.75, 3.05) is 33.0 Å². The molecule has 2 aliphatic rings. The van der Waals surface area contributed by atoms with Gasteiger partial charge < -0.3 is 25.0 Å². The van der Waals surface area contributed by atoms with Gasteiger partial charge in [-0.05, 0) is 30.2 Å². The Bertz CT molecular complexity index is 863. The molecule has 2 N–H and O–H groups in total. The molecule has 2 aromatic carbocycles. The highest BCUT2D eigenvalue weighted by Crippen LogP contribution is 2.32. The minimum absolute atomic E-state index is 0.0703. The monoisotopic (exact) mass is 381 g/mol. The number of hydrogen-bond acceptors (Lipinski definition) is 5. The van der Waals surface area contributed by atoms with Crippen LogP contribution in [0, 0.1) is 0 Å². The predicted molar refractivity (Wildman–Crippen MR) is 103 cm³/mol. The van der Waals surface area contributed by atoms with Crippen LogP contribution >= 0.6 is 0 Å². The molecule has 2 heterocycles. The van der Waals surface area contributed by atoms with Crippen LogP contribution in [-0.2, 0) is 11.2 Å². The van der Waals surface area contributed by atoms with Gasteiger partial charge >= 0.3 is 0 Å². The lowest BCUT2D eigenvalue weighted by molar-refractivity contribution is -0.134. The van der Waals surface area contributed by atoms with Crippen molar-refractivity contribution < 1.29 is 19.1 Å². The summed E-state index contributed by atoms with van der Waals surface area (Å²) in [6, 6.07) is 14.4. The highest BCUT2D eigenvalue weighted by Gasteiger charge is 2.28. The molecule has 0 bridgehead atoms. The summed E-state index contributed by atoms with van der Waals surface area (Å²) in [6.07, 6.45) is 0.510. The lowest BCUT2D eigenvalue weighted by atomic mass is 10.1. The number of rotatable bonds is 4. The lowest BCUT2D eigenvalue weighted by Gasteiger charge is -2.36. The second-order valence-corrected chi connectivity index (χ2v) is 6.98. The van der Waals surface area contributed by atoms with Crippen molar-refractivity contribution in [3.8, 4) is 11.5 Å². The second kappa shape index (κ2) is 7.90. The maximum Gasteiger partial charge on any atom is 0.254 e. The van der Waals surface area contributed by atoms with E-state index in [0.29, 0.717) is 49.7 Å². The van der Waals surface area contributed by atoms with Gasteiger partial charge in [0.15, 0.2) is 11.5 Å². The molecule has 0 unspecified atom stereocenters. The number of piperazine rings is 1. The Balaban J connectivity index is 1.32. The zero-order valence-corrected chi connectivity index (χ0v) is 15.5. The standard InChI is InChI=1S/C21H23N3O4/c22-17(12-15-4-2-1-3-5-15)21(26)24-10-8-23(9-11-24)20(25)16-6-7-18-19(13-16)28-14-27-18/h1-7,13,17H,8-12,14,22H2/t17-/m0/s1. The number of nitrogens with zero attached hydrogens (tertiary/aromatic N) is 2. The van der Waals surface area contributed by atoms with Crippen molar-refractivity contribution in [1.82, 2.24) is 9.80 Å². The smallest absolute Gasteiger partial charge is 0.254 e. The molecule has 28 heavy (non-hydrogen) atoms. The van der Waals surface area contributed by atoms with Crippen molar-refractivity contribution >= 4 is 11.8 Å². The van der Waals surface area contributed by atoms with E-state index in [1.807, 2.05) is 30.3 Å². The lowest BCUT2D eigenvalue weighted by Crippen LogP contribution is -2.54. The summed E-state index contributed by atoms with van der Waals surface area (Å²) in [5, 5.41) is 0. The van der Waals surface area contributed by atoms with Gasteiger partial charge in [-0.3, -0.25) is 9.59 Å². The van der Waals surface area contributed by atoms with Crippen molar-refractivity contribution in [3.63, 3.8) is 0 Å². The molecule has 1 atom stereocenters. The van der Waals surface area contributed by atoms with Crippen LogP contribution in [0.3, 0.4) is 0 Å². The summed E-state index contributed by atoms with van der Waals surface area (Å²) >= 11 is 0. The van der Waals surface area contributed by atoms with Crippen LogP contribution in [0.15, 0.2) is 48.5 Å². The molecule has 2 aliphatic heterocycles.